The second kappa shape index (κ2) is 6.64. The Balaban J connectivity index is 2.40. The van der Waals surface area contributed by atoms with E-state index in [1.54, 1.807) is 19.9 Å². The van der Waals surface area contributed by atoms with Crippen LogP contribution < -0.4 is 0 Å². The van der Waals surface area contributed by atoms with Crippen molar-refractivity contribution in [3.63, 3.8) is 0 Å². The Morgan fingerprint density at radius 1 is 1.43 bits per heavy atom. The number of hydrogen-bond acceptors (Lipinski definition) is 5. The van der Waals surface area contributed by atoms with Crippen LogP contribution in [-0.4, -0.2) is 36.9 Å². The zero-order chi connectivity index (χ0) is 17.1. The van der Waals surface area contributed by atoms with Gasteiger partial charge in [0.05, 0.1) is 18.4 Å². The van der Waals surface area contributed by atoms with E-state index in [2.05, 4.69) is 15.2 Å². The van der Waals surface area contributed by atoms with E-state index >= 15 is 0 Å². The minimum absolute atomic E-state index is 0.0190. The molecule has 0 aliphatic heterocycles. The second-order valence-corrected chi connectivity index (χ2v) is 6.44. The summed E-state index contributed by atoms with van der Waals surface area (Å²) in [6.07, 6.45) is 4.00. The first kappa shape index (κ1) is 17.4. The van der Waals surface area contributed by atoms with Crippen LogP contribution in [0.15, 0.2) is 36.0 Å². The maximum absolute atomic E-state index is 14.1. The van der Waals surface area contributed by atoms with E-state index in [4.69, 9.17) is 16.8 Å². The summed E-state index contributed by atoms with van der Waals surface area (Å²) >= 11 is 5.76. The Kier molecular flexibility index (Phi) is 5.01. The standard InChI is InChI=1S/C15H18ClFN4O2/c1-14(2,7-20-23)15(22,8-21-10-18-9-19-21)6-11-3-4-12(16)5-13(11)17/h3-5,7,9-10,22-23H,6,8H2,1-2H3/b20-7+. The van der Waals surface area contributed by atoms with E-state index in [9.17, 15) is 9.50 Å². The Hall–Kier alpha value is -1.99. The maximum atomic E-state index is 14.1. The number of nitrogens with zero attached hydrogens (tertiary/aromatic N) is 4. The molecule has 124 valence electrons. The third-order valence-corrected chi connectivity index (χ3v) is 4.20. The van der Waals surface area contributed by atoms with Gasteiger partial charge in [-0.05, 0) is 17.7 Å². The van der Waals surface area contributed by atoms with Crippen molar-refractivity contribution in [3.05, 3.63) is 47.3 Å². The van der Waals surface area contributed by atoms with Crippen LogP contribution in [0.5, 0.6) is 0 Å². The molecule has 8 heteroatoms. The van der Waals surface area contributed by atoms with Crippen molar-refractivity contribution in [3.8, 4) is 0 Å². The topological polar surface area (TPSA) is 83.5 Å². The first-order valence-corrected chi connectivity index (χ1v) is 7.32. The lowest BCUT2D eigenvalue weighted by Gasteiger charge is -2.40. The predicted molar refractivity (Wildman–Crippen MR) is 84.1 cm³/mol. The number of halogens is 2. The fourth-order valence-corrected chi connectivity index (χ4v) is 2.47. The van der Waals surface area contributed by atoms with Gasteiger partial charge in [-0.2, -0.15) is 5.10 Å². The van der Waals surface area contributed by atoms with Gasteiger partial charge in [-0.3, -0.25) is 4.68 Å². The van der Waals surface area contributed by atoms with Gasteiger partial charge in [0, 0.05) is 16.9 Å². The molecule has 23 heavy (non-hydrogen) atoms. The zero-order valence-electron chi connectivity index (χ0n) is 12.8. The SMILES string of the molecule is CC(C)(/C=N/O)C(O)(Cc1ccc(Cl)cc1F)Cn1cncn1. The molecule has 0 bridgehead atoms. The minimum atomic E-state index is -1.47. The molecule has 1 aromatic carbocycles. The quantitative estimate of drug-likeness (QED) is 0.481. The molecule has 1 heterocycles. The maximum Gasteiger partial charge on any atom is 0.137 e. The Morgan fingerprint density at radius 3 is 2.74 bits per heavy atom. The van der Waals surface area contributed by atoms with Crippen LogP contribution in [0.1, 0.15) is 19.4 Å². The monoisotopic (exact) mass is 340 g/mol. The number of benzene rings is 1. The Bertz CT molecular complexity index is 691. The summed E-state index contributed by atoms with van der Waals surface area (Å²) in [5.74, 6) is -0.508. The molecule has 0 aliphatic carbocycles. The number of aromatic nitrogens is 3. The van der Waals surface area contributed by atoms with E-state index < -0.39 is 16.8 Å². The summed E-state index contributed by atoms with van der Waals surface area (Å²) in [6.45, 7) is 3.43. The number of hydrogen-bond donors (Lipinski definition) is 2. The average molecular weight is 341 g/mol. The smallest absolute Gasteiger partial charge is 0.137 e. The molecule has 1 unspecified atom stereocenters. The summed E-state index contributed by atoms with van der Waals surface area (Å²) in [6, 6.07) is 4.28. The zero-order valence-corrected chi connectivity index (χ0v) is 13.6. The van der Waals surface area contributed by atoms with E-state index in [-0.39, 0.29) is 18.0 Å². The third kappa shape index (κ3) is 3.86. The van der Waals surface area contributed by atoms with E-state index in [0.29, 0.717) is 5.56 Å². The number of rotatable bonds is 6. The molecular formula is C15H18ClFN4O2. The summed E-state index contributed by atoms with van der Waals surface area (Å²) < 4.78 is 15.6. The summed E-state index contributed by atoms with van der Waals surface area (Å²) in [4.78, 5) is 3.84. The number of aliphatic hydroxyl groups is 1. The van der Waals surface area contributed by atoms with Crippen LogP contribution in [0.2, 0.25) is 5.02 Å². The highest BCUT2D eigenvalue weighted by molar-refractivity contribution is 6.30. The largest absolute Gasteiger partial charge is 0.411 e. The highest BCUT2D eigenvalue weighted by Crippen LogP contribution is 2.35. The summed E-state index contributed by atoms with van der Waals surface area (Å²) in [5, 5.41) is 27.4. The normalized spacial score (nSPS) is 15.0. The van der Waals surface area contributed by atoms with E-state index in [1.807, 2.05) is 0 Å². The molecule has 2 aromatic rings. The van der Waals surface area contributed by atoms with Gasteiger partial charge in [0.1, 0.15) is 18.5 Å². The first-order valence-electron chi connectivity index (χ1n) is 6.95. The molecule has 0 aliphatic rings. The van der Waals surface area contributed by atoms with Gasteiger partial charge in [0.15, 0.2) is 0 Å². The lowest BCUT2D eigenvalue weighted by atomic mass is 9.72. The molecule has 1 atom stereocenters. The van der Waals surface area contributed by atoms with Gasteiger partial charge in [-0.15, -0.1) is 5.16 Å². The first-order chi connectivity index (χ1) is 10.8. The highest BCUT2D eigenvalue weighted by atomic mass is 35.5. The Morgan fingerprint density at radius 2 is 2.17 bits per heavy atom. The van der Waals surface area contributed by atoms with Crippen LogP contribution >= 0.6 is 11.6 Å². The van der Waals surface area contributed by atoms with Crippen LogP contribution in [-0.2, 0) is 13.0 Å². The molecule has 0 amide bonds. The van der Waals surface area contributed by atoms with Crippen LogP contribution in [0.3, 0.4) is 0 Å². The van der Waals surface area contributed by atoms with Gasteiger partial charge >= 0.3 is 0 Å². The van der Waals surface area contributed by atoms with Crippen molar-refractivity contribution < 1.29 is 14.7 Å². The van der Waals surface area contributed by atoms with Crippen molar-refractivity contribution in [2.24, 2.45) is 10.6 Å². The molecule has 6 nitrogen and oxygen atoms in total. The highest BCUT2D eigenvalue weighted by Gasteiger charge is 2.44. The molecular weight excluding hydrogens is 323 g/mol. The fraction of sp³-hybridized carbons (Fsp3) is 0.400. The molecule has 2 rings (SSSR count). The van der Waals surface area contributed by atoms with Gasteiger partial charge in [0.25, 0.3) is 0 Å². The minimum Gasteiger partial charge on any atom is -0.411 e. The summed E-state index contributed by atoms with van der Waals surface area (Å²) in [7, 11) is 0. The average Bonchev–Trinajstić information content (AvgIpc) is 2.94. The lowest BCUT2D eigenvalue weighted by molar-refractivity contribution is -0.0487. The predicted octanol–water partition coefficient (Wildman–Crippen LogP) is 2.53. The van der Waals surface area contributed by atoms with E-state index in [0.717, 1.165) is 0 Å². The summed E-state index contributed by atoms with van der Waals surface area (Å²) in [5.41, 5.74) is -2.13. The van der Waals surface area contributed by atoms with Gasteiger partial charge in [-0.1, -0.05) is 31.5 Å². The van der Waals surface area contributed by atoms with Crippen molar-refractivity contribution >= 4 is 17.8 Å². The molecule has 0 radical (unpaired) electrons. The van der Waals surface area contributed by atoms with Crippen molar-refractivity contribution in [1.82, 2.24) is 14.8 Å². The van der Waals surface area contributed by atoms with Gasteiger partial charge in [0.2, 0.25) is 0 Å². The third-order valence-electron chi connectivity index (χ3n) is 3.97. The van der Waals surface area contributed by atoms with Crippen molar-refractivity contribution in [1.29, 1.82) is 0 Å². The van der Waals surface area contributed by atoms with Crippen molar-refractivity contribution in [2.45, 2.75) is 32.4 Å². The molecule has 1 aromatic heterocycles. The fourth-order valence-electron chi connectivity index (χ4n) is 2.31. The molecule has 2 N–H and O–H groups in total. The van der Waals surface area contributed by atoms with Crippen LogP contribution in [0.25, 0.3) is 0 Å². The van der Waals surface area contributed by atoms with E-state index in [1.165, 1.54) is 35.7 Å². The number of oxime groups is 1. The molecule has 0 saturated carbocycles. The molecule has 0 spiro atoms. The molecule has 0 fully saturated rings. The van der Waals surface area contributed by atoms with Gasteiger partial charge in [-0.25, -0.2) is 9.37 Å². The van der Waals surface area contributed by atoms with Crippen LogP contribution in [0.4, 0.5) is 4.39 Å². The van der Waals surface area contributed by atoms with Crippen molar-refractivity contribution in [2.75, 3.05) is 0 Å². The van der Waals surface area contributed by atoms with Gasteiger partial charge < -0.3 is 10.3 Å². The molecule has 0 saturated heterocycles. The lowest BCUT2D eigenvalue weighted by Crippen LogP contribution is -2.51. The Labute approximate surface area is 138 Å². The second-order valence-electron chi connectivity index (χ2n) is 6.00. The van der Waals surface area contributed by atoms with Crippen LogP contribution in [0, 0.1) is 11.2 Å².